The van der Waals surface area contributed by atoms with E-state index in [-0.39, 0.29) is 5.91 Å². The first kappa shape index (κ1) is 21.5. The van der Waals surface area contributed by atoms with Crippen LogP contribution in [0.3, 0.4) is 0 Å². The molecule has 1 aromatic heterocycles. The molecule has 0 spiro atoms. The van der Waals surface area contributed by atoms with Gasteiger partial charge in [-0.05, 0) is 37.0 Å². The number of carbonyl (C=O) groups is 1. The molecule has 0 unspecified atom stereocenters. The standard InChI is InChI=1S/C21H31N5O2/c1-5-17(6-2)20-13-19(28-26-20)14-24-21(22-4)23-12-11-16-7-9-18(10-8-16)25-15(3)27/h7-10,13,17H,5-6,11-12,14H2,1-4H3,(H,25,27)(H2,22,23,24). The number of guanidine groups is 1. The zero-order chi connectivity index (χ0) is 20.4. The van der Waals surface area contributed by atoms with Crippen molar-refractivity contribution < 1.29 is 9.32 Å². The largest absolute Gasteiger partial charge is 0.359 e. The maximum atomic E-state index is 11.1. The van der Waals surface area contributed by atoms with Crippen LogP contribution in [0, 0.1) is 0 Å². The van der Waals surface area contributed by atoms with Gasteiger partial charge in [0.25, 0.3) is 0 Å². The number of aromatic nitrogens is 1. The predicted molar refractivity (Wildman–Crippen MR) is 112 cm³/mol. The van der Waals surface area contributed by atoms with Crippen molar-refractivity contribution in [2.75, 3.05) is 18.9 Å². The van der Waals surface area contributed by atoms with Gasteiger partial charge < -0.3 is 20.5 Å². The van der Waals surface area contributed by atoms with Crippen LogP contribution < -0.4 is 16.0 Å². The van der Waals surface area contributed by atoms with E-state index >= 15 is 0 Å². The van der Waals surface area contributed by atoms with Crippen LogP contribution in [0.5, 0.6) is 0 Å². The lowest BCUT2D eigenvalue weighted by molar-refractivity contribution is -0.114. The molecule has 0 saturated heterocycles. The minimum atomic E-state index is -0.0666. The van der Waals surface area contributed by atoms with Crippen molar-refractivity contribution in [2.24, 2.45) is 4.99 Å². The number of anilines is 1. The highest BCUT2D eigenvalue weighted by atomic mass is 16.5. The van der Waals surface area contributed by atoms with Crippen LogP contribution in [0.2, 0.25) is 0 Å². The summed E-state index contributed by atoms with van der Waals surface area (Å²) in [7, 11) is 1.74. The highest BCUT2D eigenvalue weighted by Crippen LogP contribution is 2.22. The van der Waals surface area contributed by atoms with Crippen molar-refractivity contribution in [3.8, 4) is 0 Å². The van der Waals surface area contributed by atoms with Gasteiger partial charge in [-0.3, -0.25) is 9.79 Å². The van der Waals surface area contributed by atoms with Crippen LogP contribution in [0.25, 0.3) is 0 Å². The monoisotopic (exact) mass is 385 g/mol. The highest BCUT2D eigenvalue weighted by molar-refractivity contribution is 5.88. The van der Waals surface area contributed by atoms with Crippen molar-refractivity contribution in [3.63, 3.8) is 0 Å². The second kappa shape index (κ2) is 11.1. The van der Waals surface area contributed by atoms with Gasteiger partial charge in [-0.25, -0.2) is 0 Å². The summed E-state index contributed by atoms with van der Waals surface area (Å²) in [5.74, 6) is 1.91. The summed E-state index contributed by atoms with van der Waals surface area (Å²) in [5, 5.41) is 13.5. The fraction of sp³-hybridized carbons (Fsp3) is 0.476. The number of aliphatic imine (C=N–C) groups is 1. The Morgan fingerprint density at radius 2 is 1.89 bits per heavy atom. The summed E-state index contributed by atoms with van der Waals surface area (Å²) in [4.78, 5) is 15.3. The molecular formula is C21H31N5O2. The van der Waals surface area contributed by atoms with Gasteiger partial charge in [0.1, 0.15) is 0 Å². The lowest BCUT2D eigenvalue weighted by Crippen LogP contribution is -2.37. The Morgan fingerprint density at radius 1 is 1.18 bits per heavy atom. The molecule has 0 aliphatic rings. The molecule has 1 aromatic carbocycles. The van der Waals surface area contributed by atoms with E-state index < -0.39 is 0 Å². The molecule has 3 N–H and O–H groups in total. The third-order valence-electron chi connectivity index (χ3n) is 4.62. The van der Waals surface area contributed by atoms with E-state index in [9.17, 15) is 4.79 Å². The molecule has 28 heavy (non-hydrogen) atoms. The number of carbonyl (C=O) groups excluding carboxylic acids is 1. The van der Waals surface area contributed by atoms with Gasteiger partial charge in [-0.15, -0.1) is 0 Å². The molecule has 7 nitrogen and oxygen atoms in total. The van der Waals surface area contributed by atoms with Gasteiger partial charge in [0, 0.05) is 38.2 Å². The molecule has 0 atom stereocenters. The first-order chi connectivity index (χ1) is 13.5. The quantitative estimate of drug-likeness (QED) is 0.454. The first-order valence-electron chi connectivity index (χ1n) is 9.82. The third kappa shape index (κ3) is 6.72. The minimum absolute atomic E-state index is 0.0666. The molecule has 2 rings (SSSR count). The number of nitrogens with one attached hydrogen (secondary N) is 3. The van der Waals surface area contributed by atoms with Gasteiger partial charge in [-0.1, -0.05) is 31.1 Å². The summed E-state index contributed by atoms with van der Waals surface area (Å²) < 4.78 is 5.43. The molecule has 0 bridgehead atoms. The molecule has 152 valence electrons. The summed E-state index contributed by atoms with van der Waals surface area (Å²) in [5.41, 5.74) is 3.01. The van der Waals surface area contributed by atoms with Crippen molar-refractivity contribution >= 4 is 17.6 Å². The zero-order valence-corrected chi connectivity index (χ0v) is 17.2. The number of hydrogen-bond acceptors (Lipinski definition) is 4. The van der Waals surface area contributed by atoms with Crippen molar-refractivity contribution in [1.82, 2.24) is 15.8 Å². The molecule has 1 heterocycles. The second-order valence-corrected chi connectivity index (χ2v) is 6.71. The van der Waals surface area contributed by atoms with Crippen LogP contribution in [-0.4, -0.2) is 30.6 Å². The second-order valence-electron chi connectivity index (χ2n) is 6.71. The Bertz CT molecular complexity index is 763. The Kier molecular flexibility index (Phi) is 8.52. The number of benzene rings is 1. The first-order valence-corrected chi connectivity index (χ1v) is 9.82. The third-order valence-corrected chi connectivity index (χ3v) is 4.62. The van der Waals surface area contributed by atoms with E-state index in [1.807, 2.05) is 30.3 Å². The van der Waals surface area contributed by atoms with E-state index in [1.54, 1.807) is 7.05 Å². The predicted octanol–water partition coefficient (Wildman–Crippen LogP) is 3.44. The molecule has 0 fully saturated rings. The van der Waals surface area contributed by atoms with Crippen LogP contribution in [0.4, 0.5) is 5.69 Å². The Morgan fingerprint density at radius 3 is 2.50 bits per heavy atom. The van der Waals surface area contributed by atoms with Crippen molar-refractivity contribution in [2.45, 2.75) is 52.5 Å². The zero-order valence-electron chi connectivity index (χ0n) is 17.2. The summed E-state index contributed by atoms with van der Waals surface area (Å²) in [6, 6.07) is 9.86. The fourth-order valence-corrected chi connectivity index (χ4v) is 2.99. The smallest absolute Gasteiger partial charge is 0.221 e. The number of rotatable bonds is 9. The summed E-state index contributed by atoms with van der Waals surface area (Å²) >= 11 is 0. The molecule has 0 radical (unpaired) electrons. The molecule has 0 aliphatic carbocycles. The van der Waals surface area contributed by atoms with Gasteiger partial charge in [0.15, 0.2) is 11.7 Å². The average molecular weight is 386 g/mol. The molecule has 7 heteroatoms. The maximum absolute atomic E-state index is 11.1. The lowest BCUT2D eigenvalue weighted by atomic mass is 9.99. The molecule has 0 saturated carbocycles. The topological polar surface area (TPSA) is 91.6 Å². The van der Waals surface area contributed by atoms with Gasteiger partial charge in [-0.2, -0.15) is 0 Å². The molecule has 0 aliphatic heterocycles. The molecule has 1 amide bonds. The normalized spacial score (nSPS) is 11.5. The molecular weight excluding hydrogens is 354 g/mol. The van der Waals surface area contributed by atoms with E-state index in [4.69, 9.17) is 4.52 Å². The van der Waals surface area contributed by atoms with Gasteiger partial charge >= 0.3 is 0 Å². The van der Waals surface area contributed by atoms with E-state index in [0.717, 1.165) is 48.9 Å². The van der Waals surface area contributed by atoms with Crippen LogP contribution in [-0.2, 0) is 17.8 Å². The van der Waals surface area contributed by atoms with Crippen LogP contribution in [0.15, 0.2) is 39.8 Å². The number of hydrogen-bond donors (Lipinski definition) is 3. The van der Waals surface area contributed by atoms with Crippen molar-refractivity contribution in [1.29, 1.82) is 0 Å². The van der Waals surface area contributed by atoms with Crippen LogP contribution >= 0.6 is 0 Å². The lowest BCUT2D eigenvalue weighted by Gasteiger charge is -2.11. The van der Waals surface area contributed by atoms with E-state index in [1.165, 1.54) is 12.5 Å². The molecule has 2 aromatic rings. The van der Waals surface area contributed by atoms with Gasteiger partial charge in [0.05, 0.1) is 12.2 Å². The minimum Gasteiger partial charge on any atom is -0.359 e. The Hall–Kier alpha value is -2.83. The number of nitrogens with zero attached hydrogens (tertiary/aromatic N) is 2. The number of amides is 1. The Labute approximate surface area is 167 Å². The SMILES string of the molecule is CCC(CC)c1cc(CNC(=NC)NCCc2ccc(NC(C)=O)cc2)on1. The maximum Gasteiger partial charge on any atom is 0.221 e. The Balaban J connectivity index is 1.76. The average Bonchev–Trinajstić information content (AvgIpc) is 3.15. The van der Waals surface area contributed by atoms with Gasteiger partial charge in [0.2, 0.25) is 5.91 Å². The summed E-state index contributed by atoms with van der Waals surface area (Å²) in [6.07, 6.45) is 2.97. The highest BCUT2D eigenvalue weighted by Gasteiger charge is 2.13. The summed E-state index contributed by atoms with van der Waals surface area (Å²) in [6.45, 7) is 7.12. The van der Waals surface area contributed by atoms with E-state index in [0.29, 0.717) is 12.5 Å². The van der Waals surface area contributed by atoms with E-state index in [2.05, 4.69) is 39.9 Å². The fourth-order valence-electron chi connectivity index (χ4n) is 2.99. The van der Waals surface area contributed by atoms with Crippen molar-refractivity contribution in [3.05, 3.63) is 47.3 Å². The van der Waals surface area contributed by atoms with Crippen LogP contribution in [0.1, 0.15) is 56.5 Å².